The predicted molar refractivity (Wildman–Crippen MR) is 141 cm³/mol. The van der Waals surface area contributed by atoms with Crippen LogP contribution in [-0.2, 0) is 0 Å². The highest BCUT2D eigenvalue weighted by Gasteiger charge is 2.19. The Kier molecular flexibility index (Phi) is 6.62. The molecule has 0 saturated heterocycles. The van der Waals surface area contributed by atoms with Crippen molar-refractivity contribution in [2.45, 2.75) is 19.9 Å². The second kappa shape index (κ2) is 9.64. The monoisotopic (exact) mass is 489 g/mol. The fourth-order valence-electron chi connectivity index (χ4n) is 4.08. The van der Waals surface area contributed by atoms with E-state index >= 15 is 0 Å². The minimum Gasteiger partial charge on any atom is -0.478 e. The third-order valence-electron chi connectivity index (χ3n) is 5.81. The van der Waals surface area contributed by atoms with E-state index in [0.717, 1.165) is 16.8 Å². The quantitative estimate of drug-likeness (QED) is 0.225. The summed E-state index contributed by atoms with van der Waals surface area (Å²) in [5, 5.41) is 24.2. The molecule has 4 rings (SSSR count). The molecule has 0 aliphatic carbocycles. The van der Waals surface area contributed by atoms with E-state index in [0.29, 0.717) is 38.6 Å². The molecule has 0 spiro atoms. The number of rotatable bonds is 7. The molecular weight excluding hydrogens is 466 g/mol. The maximum absolute atomic E-state index is 13.1. The minimum atomic E-state index is -1.10. The highest BCUT2D eigenvalue weighted by Crippen LogP contribution is 2.32. The number of anilines is 2. The average molecular weight is 490 g/mol. The highest BCUT2D eigenvalue weighted by molar-refractivity contribution is 6.31. The van der Waals surface area contributed by atoms with E-state index in [2.05, 4.69) is 10.6 Å². The van der Waals surface area contributed by atoms with Gasteiger partial charge in [-0.25, -0.2) is 4.79 Å². The zero-order chi connectivity index (χ0) is 25.3. The van der Waals surface area contributed by atoms with Crippen LogP contribution in [0.4, 0.5) is 11.4 Å². The standard InChI is InChI=1S/C27H24ClN3O4/c1-14-8-19(15(2)31-22-7-6-18(28)11-20(22)27(33)34)26-21(9-14)24(32)12-25(35-26)16-4-5-17(13-29)23(10-16)30-3/h4-13,15,29-31H,1-3H3,(H,33,34)/t15-/m1/s1. The van der Waals surface area contributed by atoms with Gasteiger partial charge in [0.15, 0.2) is 5.43 Å². The van der Waals surface area contributed by atoms with Crippen LogP contribution in [0.25, 0.3) is 22.3 Å². The van der Waals surface area contributed by atoms with Gasteiger partial charge in [0, 0.05) is 52.4 Å². The van der Waals surface area contributed by atoms with Gasteiger partial charge >= 0.3 is 5.97 Å². The number of halogens is 1. The van der Waals surface area contributed by atoms with Crippen LogP contribution in [0.3, 0.4) is 0 Å². The summed E-state index contributed by atoms with van der Waals surface area (Å²) in [4.78, 5) is 24.8. The van der Waals surface area contributed by atoms with Crippen LogP contribution >= 0.6 is 11.6 Å². The molecule has 0 bridgehead atoms. The van der Waals surface area contributed by atoms with Crippen LogP contribution in [0.1, 0.15) is 40.0 Å². The highest BCUT2D eigenvalue weighted by atomic mass is 35.5. The Balaban J connectivity index is 1.85. The predicted octanol–water partition coefficient (Wildman–Crippen LogP) is 6.33. The van der Waals surface area contributed by atoms with Gasteiger partial charge in [-0.2, -0.15) is 0 Å². The first-order valence-electron chi connectivity index (χ1n) is 10.9. The zero-order valence-corrected chi connectivity index (χ0v) is 20.2. The largest absolute Gasteiger partial charge is 0.478 e. The van der Waals surface area contributed by atoms with Crippen molar-refractivity contribution in [2.75, 3.05) is 17.7 Å². The number of hydrogen-bond donors (Lipinski definition) is 4. The summed E-state index contributed by atoms with van der Waals surface area (Å²) >= 11 is 5.99. The van der Waals surface area contributed by atoms with Crippen LogP contribution in [0.2, 0.25) is 5.02 Å². The number of aromatic carboxylic acids is 1. The molecule has 0 unspecified atom stereocenters. The van der Waals surface area contributed by atoms with Crippen LogP contribution in [-0.4, -0.2) is 24.3 Å². The first-order valence-corrected chi connectivity index (χ1v) is 11.3. The number of hydrogen-bond acceptors (Lipinski definition) is 6. The summed E-state index contributed by atoms with van der Waals surface area (Å²) in [6.07, 6.45) is 1.25. The molecule has 0 amide bonds. The topological polar surface area (TPSA) is 115 Å². The first kappa shape index (κ1) is 24.0. The summed E-state index contributed by atoms with van der Waals surface area (Å²) < 4.78 is 6.28. The van der Waals surface area contributed by atoms with Crippen molar-refractivity contribution in [3.8, 4) is 11.3 Å². The molecule has 35 heavy (non-hydrogen) atoms. The molecule has 0 aliphatic heterocycles. The van der Waals surface area contributed by atoms with Crippen LogP contribution in [0.15, 0.2) is 63.8 Å². The molecule has 0 aliphatic rings. The lowest BCUT2D eigenvalue weighted by Crippen LogP contribution is -2.12. The Hall–Kier alpha value is -4.10. The van der Waals surface area contributed by atoms with Crippen molar-refractivity contribution in [3.63, 3.8) is 0 Å². The average Bonchev–Trinajstić information content (AvgIpc) is 2.84. The molecule has 4 N–H and O–H groups in total. The van der Waals surface area contributed by atoms with Crippen molar-refractivity contribution >= 4 is 46.1 Å². The van der Waals surface area contributed by atoms with E-state index in [1.807, 2.05) is 26.0 Å². The molecule has 4 aromatic rings. The number of carbonyl (C=O) groups is 1. The molecule has 0 saturated carbocycles. The van der Waals surface area contributed by atoms with Crippen LogP contribution < -0.4 is 16.1 Å². The lowest BCUT2D eigenvalue weighted by atomic mass is 10.00. The lowest BCUT2D eigenvalue weighted by molar-refractivity contribution is 0.0698. The molecule has 7 nitrogen and oxygen atoms in total. The Morgan fingerprint density at radius 2 is 1.89 bits per heavy atom. The SMILES string of the molecule is CNc1cc(-c2cc(=O)c3cc(C)cc([C@@H](C)Nc4ccc(Cl)cc4C(=O)O)c3o2)ccc1C=N. The number of benzene rings is 3. The molecule has 0 fully saturated rings. The van der Waals surface area contributed by atoms with Gasteiger partial charge in [-0.15, -0.1) is 0 Å². The van der Waals surface area contributed by atoms with Gasteiger partial charge < -0.3 is 25.6 Å². The summed E-state index contributed by atoms with van der Waals surface area (Å²) in [5.41, 5.74) is 4.44. The van der Waals surface area contributed by atoms with Crippen molar-refractivity contribution in [3.05, 3.63) is 92.1 Å². The van der Waals surface area contributed by atoms with Gasteiger partial charge in [-0.05, 0) is 49.7 Å². The minimum absolute atomic E-state index is 0.0503. The molecule has 8 heteroatoms. The fourth-order valence-corrected chi connectivity index (χ4v) is 4.25. The first-order chi connectivity index (χ1) is 16.7. The van der Waals surface area contributed by atoms with E-state index in [9.17, 15) is 14.7 Å². The Bertz CT molecular complexity index is 1530. The van der Waals surface area contributed by atoms with Gasteiger partial charge in [-0.3, -0.25) is 4.79 Å². The van der Waals surface area contributed by atoms with Crippen LogP contribution in [0.5, 0.6) is 0 Å². The molecule has 1 atom stereocenters. The van der Waals surface area contributed by atoms with Gasteiger partial charge in [0.1, 0.15) is 11.3 Å². The maximum Gasteiger partial charge on any atom is 0.337 e. The van der Waals surface area contributed by atoms with Gasteiger partial charge in [0.05, 0.1) is 17.0 Å². The van der Waals surface area contributed by atoms with Gasteiger partial charge in [-0.1, -0.05) is 29.8 Å². The zero-order valence-electron chi connectivity index (χ0n) is 19.4. The van der Waals surface area contributed by atoms with E-state index in [4.69, 9.17) is 21.4 Å². The molecule has 1 heterocycles. The normalized spacial score (nSPS) is 11.8. The number of carboxylic acids is 1. The maximum atomic E-state index is 13.1. The second-order valence-corrected chi connectivity index (χ2v) is 8.70. The summed E-state index contributed by atoms with van der Waals surface area (Å²) in [6.45, 7) is 3.77. The molecule has 3 aromatic carbocycles. The van der Waals surface area contributed by atoms with E-state index in [-0.39, 0.29) is 17.0 Å². The van der Waals surface area contributed by atoms with Crippen molar-refractivity contribution in [1.29, 1.82) is 5.41 Å². The number of aryl methyl sites for hydroxylation is 1. The summed E-state index contributed by atoms with van der Waals surface area (Å²) in [6, 6.07) is 14.8. The van der Waals surface area contributed by atoms with Gasteiger partial charge in [0.2, 0.25) is 0 Å². The van der Waals surface area contributed by atoms with E-state index in [1.54, 1.807) is 37.4 Å². The Labute approximate surface area is 206 Å². The molecule has 178 valence electrons. The smallest absolute Gasteiger partial charge is 0.337 e. The Morgan fingerprint density at radius 3 is 2.57 bits per heavy atom. The van der Waals surface area contributed by atoms with Crippen molar-refractivity contribution in [1.82, 2.24) is 0 Å². The summed E-state index contributed by atoms with van der Waals surface area (Å²) in [5.74, 6) is -0.704. The van der Waals surface area contributed by atoms with E-state index in [1.165, 1.54) is 18.3 Å². The molecule has 0 radical (unpaired) electrons. The van der Waals surface area contributed by atoms with E-state index < -0.39 is 5.97 Å². The number of fused-ring (bicyclic) bond motifs is 1. The van der Waals surface area contributed by atoms with Crippen LogP contribution in [0, 0.1) is 12.3 Å². The molecule has 1 aromatic heterocycles. The molecular formula is C27H24ClN3O4. The number of nitrogens with one attached hydrogen (secondary N) is 3. The second-order valence-electron chi connectivity index (χ2n) is 8.26. The fraction of sp³-hybridized carbons (Fsp3) is 0.148. The third kappa shape index (κ3) is 4.76. The number of carboxylic acid groups (broad SMARTS) is 1. The Morgan fingerprint density at radius 1 is 1.11 bits per heavy atom. The van der Waals surface area contributed by atoms with Crippen molar-refractivity contribution < 1.29 is 14.3 Å². The third-order valence-corrected chi connectivity index (χ3v) is 6.05. The summed E-state index contributed by atoms with van der Waals surface area (Å²) in [7, 11) is 1.76. The van der Waals surface area contributed by atoms with Crippen molar-refractivity contribution in [2.24, 2.45) is 0 Å². The lowest BCUT2D eigenvalue weighted by Gasteiger charge is -2.19. The van der Waals surface area contributed by atoms with Gasteiger partial charge in [0.25, 0.3) is 0 Å².